The lowest BCUT2D eigenvalue weighted by Gasteiger charge is -2.21. The number of benzene rings is 2. The summed E-state index contributed by atoms with van der Waals surface area (Å²) in [6.45, 7) is 0. The quantitative estimate of drug-likeness (QED) is 0.909. The highest BCUT2D eigenvalue weighted by Gasteiger charge is 2.26. The largest absolute Gasteiger partial charge is 0.309 e. The van der Waals surface area contributed by atoms with Gasteiger partial charge in [0.25, 0.3) is 0 Å². The fraction of sp³-hybridized carbons (Fsp3) is 0.188. The van der Waals surface area contributed by atoms with E-state index in [0.717, 1.165) is 16.3 Å². The van der Waals surface area contributed by atoms with Gasteiger partial charge in [0.05, 0.1) is 6.07 Å². The molecule has 2 nitrogen and oxygen atoms in total. The van der Waals surface area contributed by atoms with Gasteiger partial charge in [-0.2, -0.15) is 17.0 Å². The lowest BCUT2D eigenvalue weighted by Crippen LogP contribution is -2.37. The molecule has 20 heavy (non-hydrogen) atoms. The molecule has 0 radical (unpaired) electrons. The fourth-order valence-electron chi connectivity index (χ4n) is 1.83. The van der Waals surface area contributed by atoms with Crippen molar-refractivity contribution in [2.24, 2.45) is 5.73 Å². The third-order valence-corrected chi connectivity index (χ3v) is 4.45. The molecule has 0 aliphatic rings. The van der Waals surface area contributed by atoms with Crippen molar-refractivity contribution >= 4 is 23.4 Å². The van der Waals surface area contributed by atoms with Crippen LogP contribution in [0, 0.1) is 11.3 Å². The summed E-state index contributed by atoms with van der Waals surface area (Å²) in [7, 11) is 0. The minimum absolute atomic E-state index is 0.552. The maximum Gasteiger partial charge on any atom is 0.138 e. The van der Waals surface area contributed by atoms with Gasteiger partial charge in [0.1, 0.15) is 5.54 Å². The lowest BCUT2D eigenvalue weighted by molar-refractivity contribution is 0.659. The van der Waals surface area contributed by atoms with E-state index >= 15 is 0 Å². The zero-order valence-electron chi connectivity index (χ0n) is 10.9. The SMILES string of the molecule is N#CC(N)(CSCc1ccc(Cl)cc1)c1ccccc1. The Morgan fingerprint density at radius 2 is 1.75 bits per heavy atom. The van der Waals surface area contributed by atoms with Gasteiger partial charge in [-0.25, -0.2) is 0 Å². The van der Waals surface area contributed by atoms with Crippen molar-refractivity contribution < 1.29 is 0 Å². The van der Waals surface area contributed by atoms with Crippen molar-refractivity contribution in [1.29, 1.82) is 5.26 Å². The minimum atomic E-state index is -0.946. The van der Waals surface area contributed by atoms with E-state index < -0.39 is 5.54 Å². The third kappa shape index (κ3) is 3.77. The molecule has 102 valence electrons. The summed E-state index contributed by atoms with van der Waals surface area (Å²) in [6, 6.07) is 19.5. The molecule has 0 aliphatic carbocycles. The highest BCUT2D eigenvalue weighted by atomic mass is 35.5. The van der Waals surface area contributed by atoms with E-state index in [0.29, 0.717) is 5.75 Å². The van der Waals surface area contributed by atoms with Gasteiger partial charge in [-0.05, 0) is 23.3 Å². The molecule has 2 aromatic rings. The zero-order chi connectivity index (χ0) is 14.4. The standard InChI is InChI=1S/C16H15ClN2S/c17-15-8-6-13(7-9-15)10-20-12-16(19,11-18)14-4-2-1-3-5-14/h1-9H,10,12,19H2. The van der Waals surface area contributed by atoms with E-state index in [2.05, 4.69) is 6.07 Å². The van der Waals surface area contributed by atoms with Crippen LogP contribution in [0.2, 0.25) is 5.02 Å². The van der Waals surface area contributed by atoms with E-state index in [-0.39, 0.29) is 0 Å². The average molecular weight is 303 g/mol. The van der Waals surface area contributed by atoms with Crippen LogP contribution < -0.4 is 5.73 Å². The Bertz CT molecular complexity index is 592. The monoisotopic (exact) mass is 302 g/mol. The Balaban J connectivity index is 1.98. The lowest BCUT2D eigenvalue weighted by atomic mass is 9.95. The zero-order valence-corrected chi connectivity index (χ0v) is 12.5. The van der Waals surface area contributed by atoms with Gasteiger partial charge < -0.3 is 5.73 Å². The van der Waals surface area contributed by atoms with Crippen molar-refractivity contribution in [3.8, 4) is 6.07 Å². The fourth-order valence-corrected chi connectivity index (χ4v) is 3.04. The van der Waals surface area contributed by atoms with Gasteiger partial charge in [0.15, 0.2) is 0 Å². The summed E-state index contributed by atoms with van der Waals surface area (Å²) in [5, 5.41) is 10.1. The summed E-state index contributed by atoms with van der Waals surface area (Å²) < 4.78 is 0. The Morgan fingerprint density at radius 1 is 1.10 bits per heavy atom. The highest BCUT2D eigenvalue weighted by Crippen LogP contribution is 2.25. The molecule has 2 aromatic carbocycles. The second kappa shape index (κ2) is 6.81. The highest BCUT2D eigenvalue weighted by molar-refractivity contribution is 7.98. The predicted molar refractivity (Wildman–Crippen MR) is 85.5 cm³/mol. The number of hydrogen-bond acceptors (Lipinski definition) is 3. The van der Waals surface area contributed by atoms with Gasteiger partial charge >= 0.3 is 0 Å². The predicted octanol–water partition coefficient (Wildman–Crippen LogP) is 3.95. The molecule has 0 amide bonds. The normalized spacial score (nSPS) is 13.4. The minimum Gasteiger partial charge on any atom is -0.309 e. The van der Waals surface area contributed by atoms with Gasteiger partial charge in [-0.3, -0.25) is 0 Å². The molecular formula is C16H15ClN2S. The molecule has 0 aliphatic heterocycles. The number of nitriles is 1. The van der Waals surface area contributed by atoms with Crippen LogP contribution in [0.15, 0.2) is 54.6 Å². The molecule has 2 rings (SSSR count). The molecule has 0 saturated heterocycles. The molecular weight excluding hydrogens is 288 g/mol. The van der Waals surface area contributed by atoms with Crippen molar-refractivity contribution in [3.63, 3.8) is 0 Å². The number of halogens is 1. The first kappa shape index (κ1) is 14.9. The Labute approximate surface area is 128 Å². The van der Waals surface area contributed by atoms with Crippen molar-refractivity contribution in [1.82, 2.24) is 0 Å². The summed E-state index contributed by atoms with van der Waals surface area (Å²) in [6.07, 6.45) is 0. The molecule has 0 fully saturated rings. The summed E-state index contributed by atoms with van der Waals surface area (Å²) in [5.74, 6) is 1.36. The van der Waals surface area contributed by atoms with Gasteiger partial charge in [0, 0.05) is 16.5 Å². The van der Waals surface area contributed by atoms with Crippen LogP contribution in [0.5, 0.6) is 0 Å². The maximum absolute atomic E-state index is 9.37. The van der Waals surface area contributed by atoms with E-state index in [1.807, 2.05) is 54.6 Å². The number of hydrogen-bond donors (Lipinski definition) is 1. The number of thioether (sulfide) groups is 1. The second-order valence-electron chi connectivity index (χ2n) is 4.57. The molecule has 2 N–H and O–H groups in total. The molecule has 1 unspecified atom stereocenters. The second-order valence-corrected chi connectivity index (χ2v) is 5.99. The first-order valence-corrected chi connectivity index (χ1v) is 7.75. The first-order chi connectivity index (χ1) is 9.64. The molecule has 0 bridgehead atoms. The molecule has 0 spiro atoms. The van der Waals surface area contributed by atoms with Crippen LogP contribution in [-0.4, -0.2) is 5.75 Å². The van der Waals surface area contributed by atoms with Crippen molar-refractivity contribution in [2.75, 3.05) is 5.75 Å². The average Bonchev–Trinajstić information content (AvgIpc) is 2.50. The van der Waals surface area contributed by atoms with Gasteiger partial charge in [-0.1, -0.05) is 54.1 Å². The van der Waals surface area contributed by atoms with E-state index in [1.54, 1.807) is 11.8 Å². The van der Waals surface area contributed by atoms with Crippen LogP contribution in [-0.2, 0) is 11.3 Å². The Morgan fingerprint density at radius 3 is 2.35 bits per heavy atom. The van der Waals surface area contributed by atoms with Crippen LogP contribution in [0.3, 0.4) is 0 Å². The van der Waals surface area contributed by atoms with Crippen LogP contribution >= 0.6 is 23.4 Å². The molecule has 0 heterocycles. The number of nitrogens with zero attached hydrogens (tertiary/aromatic N) is 1. The Hall–Kier alpha value is -1.47. The number of rotatable bonds is 5. The summed E-state index contributed by atoms with van der Waals surface area (Å²) >= 11 is 7.50. The molecule has 1 atom stereocenters. The molecule has 0 aromatic heterocycles. The number of nitrogens with two attached hydrogens (primary N) is 1. The van der Waals surface area contributed by atoms with Gasteiger partial charge in [-0.15, -0.1) is 0 Å². The third-order valence-electron chi connectivity index (χ3n) is 3.00. The van der Waals surface area contributed by atoms with Crippen molar-refractivity contribution in [3.05, 3.63) is 70.7 Å². The van der Waals surface area contributed by atoms with E-state index in [4.69, 9.17) is 17.3 Å². The summed E-state index contributed by atoms with van der Waals surface area (Å²) in [4.78, 5) is 0. The Kier molecular flexibility index (Phi) is 5.08. The topological polar surface area (TPSA) is 49.8 Å². The van der Waals surface area contributed by atoms with Crippen molar-refractivity contribution in [2.45, 2.75) is 11.3 Å². The van der Waals surface area contributed by atoms with Crippen LogP contribution in [0.25, 0.3) is 0 Å². The smallest absolute Gasteiger partial charge is 0.138 e. The van der Waals surface area contributed by atoms with E-state index in [9.17, 15) is 5.26 Å². The molecule has 0 saturated carbocycles. The first-order valence-electron chi connectivity index (χ1n) is 6.22. The van der Waals surface area contributed by atoms with Gasteiger partial charge in [0.2, 0.25) is 0 Å². The van der Waals surface area contributed by atoms with Crippen LogP contribution in [0.1, 0.15) is 11.1 Å². The van der Waals surface area contributed by atoms with Crippen LogP contribution in [0.4, 0.5) is 0 Å². The molecule has 4 heteroatoms. The maximum atomic E-state index is 9.37. The summed E-state index contributed by atoms with van der Waals surface area (Å²) in [5.41, 5.74) is 7.28. The van der Waals surface area contributed by atoms with E-state index in [1.165, 1.54) is 5.56 Å².